The van der Waals surface area contributed by atoms with Crippen LogP contribution in [0.5, 0.6) is 0 Å². The molecule has 1 aliphatic carbocycles. The maximum absolute atomic E-state index is 12.5. The molecule has 0 saturated heterocycles. The Morgan fingerprint density at radius 1 is 1.04 bits per heavy atom. The fourth-order valence-electron chi connectivity index (χ4n) is 3.43. The van der Waals surface area contributed by atoms with Crippen LogP contribution in [0.4, 0.5) is 0 Å². The number of benzene rings is 2. The zero-order valence-electron chi connectivity index (χ0n) is 12.8. The number of hydrogen-bond donors (Lipinski definition) is 1. The van der Waals surface area contributed by atoms with Crippen LogP contribution in [0.1, 0.15) is 41.6 Å². The van der Waals surface area contributed by atoms with Crippen LogP contribution >= 0.6 is 23.2 Å². The van der Waals surface area contributed by atoms with Crippen molar-refractivity contribution in [2.45, 2.75) is 31.1 Å². The molecule has 0 heterocycles. The molecular weight excluding hydrogens is 329 g/mol. The van der Waals surface area contributed by atoms with Gasteiger partial charge >= 0.3 is 0 Å². The van der Waals surface area contributed by atoms with Gasteiger partial charge in [0.15, 0.2) is 0 Å². The van der Waals surface area contributed by atoms with Gasteiger partial charge in [-0.05, 0) is 36.6 Å². The van der Waals surface area contributed by atoms with E-state index in [0.29, 0.717) is 22.2 Å². The number of rotatable bonds is 4. The van der Waals surface area contributed by atoms with E-state index in [-0.39, 0.29) is 11.3 Å². The molecule has 1 amide bonds. The molecular formula is C19H19Cl2NO. The molecule has 0 atom stereocenters. The topological polar surface area (TPSA) is 29.1 Å². The SMILES string of the molecule is O=C(NCC1(c2ccccc2)CCCC1)c1ccc(Cl)cc1Cl. The summed E-state index contributed by atoms with van der Waals surface area (Å²) in [5.41, 5.74) is 1.81. The van der Waals surface area contributed by atoms with Gasteiger partial charge in [0.05, 0.1) is 10.6 Å². The number of carbonyl (C=O) groups excluding carboxylic acids is 1. The van der Waals surface area contributed by atoms with Crippen molar-refractivity contribution in [1.82, 2.24) is 5.32 Å². The van der Waals surface area contributed by atoms with Crippen molar-refractivity contribution in [1.29, 1.82) is 0 Å². The van der Waals surface area contributed by atoms with Crippen LogP contribution in [0.2, 0.25) is 10.0 Å². The summed E-state index contributed by atoms with van der Waals surface area (Å²) >= 11 is 12.0. The average Bonchev–Trinajstić information content (AvgIpc) is 3.04. The van der Waals surface area contributed by atoms with E-state index in [1.807, 2.05) is 6.07 Å². The van der Waals surface area contributed by atoms with Crippen molar-refractivity contribution < 1.29 is 4.79 Å². The largest absolute Gasteiger partial charge is 0.351 e. The average molecular weight is 348 g/mol. The lowest BCUT2D eigenvalue weighted by molar-refractivity contribution is 0.0943. The van der Waals surface area contributed by atoms with Crippen molar-refractivity contribution in [2.24, 2.45) is 0 Å². The van der Waals surface area contributed by atoms with Crippen molar-refractivity contribution in [3.05, 3.63) is 69.7 Å². The lowest BCUT2D eigenvalue weighted by Gasteiger charge is -2.30. The Kier molecular flexibility index (Phi) is 4.93. The number of hydrogen-bond acceptors (Lipinski definition) is 1. The lowest BCUT2D eigenvalue weighted by atomic mass is 9.79. The summed E-state index contributed by atoms with van der Waals surface area (Å²) in [6.07, 6.45) is 4.61. The zero-order chi connectivity index (χ0) is 16.3. The highest BCUT2D eigenvalue weighted by molar-refractivity contribution is 6.36. The quantitative estimate of drug-likeness (QED) is 0.805. The summed E-state index contributed by atoms with van der Waals surface area (Å²) in [5, 5.41) is 3.99. The highest BCUT2D eigenvalue weighted by atomic mass is 35.5. The van der Waals surface area contributed by atoms with Crippen molar-refractivity contribution >= 4 is 29.1 Å². The van der Waals surface area contributed by atoms with Crippen molar-refractivity contribution in [3.63, 3.8) is 0 Å². The molecule has 1 aliphatic rings. The van der Waals surface area contributed by atoms with E-state index < -0.39 is 0 Å². The van der Waals surface area contributed by atoms with Gasteiger partial charge < -0.3 is 5.32 Å². The first-order chi connectivity index (χ1) is 11.1. The predicted octanol–water partition coefficient (Wildman–Crippen LogP) is 5.24. The van der Waals surface area contributed by atoms with Crippen LogP contribution in [0.25, 0.3) is 0 Å². The fourth-order valence-corrected chi connectivity index (χ4v) is 3.92. The maximum atomic E-state index is 12.5. The number of carbonyl (C=O) groups is 1. The Bertz CT molecular complexity index is 694. The van der Waals surface area contributed by atoms with Gasteiger partial charge in [0.2, 0.25) is 0 Å². The molecule has 1 saturated carbocycles. The van der Waals surface area contributed by atoms with E-state index in [4.69, 9.17) is 23.2 Å². The van der Waals surface area contributed by atoms with Crippen LogP contribution in [0.3, 0.4) is 0 Å². The van der Waals surface area contributed by atoms with E-state index in [9.17, 15) is 4.79 Å². The van der Waals surface area contributed by atoms with Gasteiger partial charge in [0.1, 0.15) is 0 Å². The maximum Gasteiger partial charge on any atom is 0.252 e. The monoisotopic (exact) mass is 347 g/mol. The van der Waals surface area contributed by atoms with Crippen LogP contribution in [-0.2, 0) is 5.41 Å². The highest BCUT2D eigenvalue weighted by Gasteiger charge is 2.35. The molecule has 0 aliphatic heterocycles. The minimum atomic E-state index is -0.145. The zero-order valence-corrected chi connectivity index (χ0v) is 14.3. The van der Waals surface area contributed by atoms with Gasteiger partial charge in [-0.2, -0.15) is 0 Å². The Hall–Kier alpha value is -1.51. The van der Waals surface area contributed by atoms with Crippen molar-refractivity contribution in [3.8, 4) is 0 Å². The molecule has 0 spiro atoms. The van der Waals surface area contributed by atoms with Gasteiger partial charge in [-0.3, -0.25) is 4.79 Å². The first-order valence-corrected chi connectivity index (χ1v) is 8.65. The summed E-state index contributed by atoms with van der Waals surface area (Å²) < 4.78 is 0. The van der Waals surface area contributed by atoms with Gasteiger partial charge in [-0.25, -0.2) is 0 Å². The predicted molar refractivity (Wildman–Crippen MR) is 95.4 cm³/mol. The summed E-state index contributed by atoms with van der Waals surface area (Å²) in [6, 6.07) is 15.4. The molecule has 2 aromatic carbocycles. The highest BCUT2D eigenvalue weighted by Crippen LogP contribution is 2.40. The minimum absolute atomic E-state index is 0.0375. The summed E-state index contributed by atoms with van der Waals surface area (Å²) in [6.45, 7) is 0.634. The summed E-state index contributed by atoms with van der Waals surface area (Å²) in [7, 11) is 0. The third-order valence-electron chi connectivity index (χ3n) is 4.71. The second-order valence-corrected chi connectivity index (χ2v) is 7.00. The summed E-state index contributed by atoms with van der Waals surface area (Å²) in [4.78, 5) is 12.5. The molecule has 1 N–H and O–H groups in total. The molecule has 1 fully saturated rings. The molecule has 23 heavy (non-hydrogen) atoms. The normalized spacial score (nSPS) is 16.3. The van der Waals surface area contributed by atoms with Crippen LogP contribution in [0, 0.1) is 0 Å². The molecule has 0 radical (unpaired) electrons. The smallest absolute Gasteiger partial charge is 0.252 e. The minimum Gasteiger partial charge on any atom is -0.351 e. The molecule has 120 valence electrons. The van der Waals surface area contributed by atoms with E-state index >= 15 is 0 Å². The Morgan fingerprint density at radius 2 is 1.74 bits per heavy atom. The van der Waals surface area contributed by atoms with Gasteiger partial charge in [-0.15, -0.1) is 0 Å². The van der Waals surface area contributed by atoms with Gasteiger partial charge in [0, 0.05) is 17.0 Å². The second-order valence-electron chi connectivity index (χ2n) is 6.16. The summed E-state index contributed by atoms with van der Waals surface area (Å²) in [5.74, 6) is -0.145. The first kappa shape index (κ1) is 16.4. The second kappa shape index (κ2) is 6.94. The standard InChI is InChI=1S/C19H19Cl2NO/c20-15-8-9-16(17(21)12-15)18(23)22-13-19(10-4-5-11-19)14-6-2-1-3-7-14/h1-3,6-9,12H,4-5,10-11,13H2,(H,22,23). The number of amides is 1. The fraction of sp³-hybridized carbons (Fsp3) is 0.316. The van der Waals surface area contributed by atoms with Crippen LogP contribution < -0.4 is 5.32 Å². The molecule has 4 heteroatoms. The third kappa shape index (κ3) is 3.54. The third-order valence-corrected chi connectivity index (χ3v) is 5.26. The molecule has 0 unspecified atom stereocenters. The number of halogens is 2. The Morgan fingerprint density at radius 3 is 2.39 bits per heavy atom. The van der Waals surface area contributed by atoms with E-state index in [2.05, 4.69) is 29.6 Å². The van der Waals surface area contributed by atoms with E-state index in [1.165, 1.54) is 18.4 Å². The first-order valence-electron chi connectivity index (χ1n) is 7.90. The van der Waals surface area contributed by atoms with Gasteiger partial charge in [-0.1, -0.05) is 66.4 Å². The number of nitrogens with one attached hydrogen (secondary N) is 1. The van der Waals surface area contributed by atoms with Crippen LogP contribution in [0.15, 0.2) is 48.5 Å². The molecule has 0 aromatic heterocycles. The lowest BCUT2D eigenvalue weighted by Crippen LogP contribution is -2.39. The van der Waals surface area contributed by atoms with Crippen molar-refractivity contribution in [2.75, 3.05) is 6.54 Å². The molecule has 0 bridgehead atoms. The Labute approximate surface area is 146 Å². The molecule has 2 aromatic rings. The van der Waals surface area contributed by atoms with E-state index in [0.717, 1.165) is 12.8 Å². The molecule has 2 nitrogen and oxygen atoms in total. The Balaban J connectivity index is 1.76. The van der Waals surface area contributed by atoms with E-state index in [1.54, 1.807) is 18.2 Å². The van der Waals surface area contributed by atoms with Crippen LogP contribution in [-0.4, -0.2) is 12.5 Å². The van der Waals surface area contributed by atoms with Gasteiger partial charge in [0.25, 0.3) is 5.91 Å². The molecule has 3 rings (SSSR count).